The Bertz CT molecular complexity index is 1100. The number of rotatable bonds is 5. The SMILES string of the molecule is Cc1nc2cccc(-c3cc4n(c3)C(CC(=O)O)CNC4=O)c2nc1CCN.Cl. The van der Waals surface area contributed by atoms with Gasteiger partial charge in [-0.1, -0.05) is 12.1 Å². The molecule has 1 aliphatic rings. The number of benzene rings is 1. The van der Waals surface area contributed by atoms with Crippen molar-refractivity contribution in [3.05, 3.63) is 47.5 Å². The Balaban J connectivity index is 0.00000240. The lowest BCUT2D eigenvalue weighted by Crippen LogP contribution is -2.39. The predicted octanol–water partition coefficient (Wildman–Crippen LogP) is 2.09. The fourth-order valence-electron chi connectivity index (χ4n) is 3.69. The molecule has 0 radical (unpaired) electrons. The molecule has 9 heteroatoms. The lowest BCUT2D eigenvalue weighted by Gasteiger charge is -2.25. The molecular formula is C20H22ClN5O3. The van der Waals surface area contributed by atoms with Gasteiger partial charge >= 0.3 is 5.97 Å². The minimum Gasteiger partial charge on any atom is -0.481 e. The fourth-order valence-corrected chi connectivity index (χ4v) is 3.69. The van der Waals surface area contributed by atoms with E-state index in [9.17, 15) is 14.7 Å². The van der Waals surface area contributed by atoms with Crippen molar-refractivity contribution in [2.45, 2.75) is 25.8 Å². The summed E-state index contributed by atoms with van der Waals surface area (Å²) in [6.45, 7) is 2.70. The molecule has 3 heterocycles. The average molecular weight is 416 g/mol. The van der Waals surface area contributed by atoms with Crippen molar-refractivity contribution in [1.82, 2.24) is 19.9 Å². The van der Waals surface area contributed by atoms with Crippen molar-refractivity contribution in [3.63, 3.8) is 0 Å². The third-order valence-corrected chi connectivity index (χ3v) is 5.04. The lowest BCUT2D eigenvalue weighted by atomic mass is 10.1. The van der Waals surface area contributed by atoms with Gasteiger partial charge in [-0.15, -0.1) is 12.4 Å². The van der Waals surface area contributed by atoms with Crippen molar-refractivity contribution in [2.24, 2.45) is 5.73 Å². The number of hydrogen-bond donors (Lipinski definition) is 3. The number of para-hydroxylation sites is 1. The van der Waals surface area contributed by atoms with Gasteiger partial charge in [-0.05, 0) is 25.6 Å². The summed E-state index contributed by atoms with van der Waals surface area (Å²) in [5.74, 6) is -1.11. The molecule has 0 aliphatic carbocycles. The van der Waals surface area contributed by atoms with Crippen LogP contribution in [0.25, 0.3) is 22.2 Å². The minimum atomic E-state index is -0.903. The molecule has 4 N–H and O–H groups in total. The molecule has 0 bridgehead atoms. The monoisotopic (exact) mass is 415 g/mol. The highest BCUT2D eigenvalue weighted by Crippen LogP contribution is 2.32. The second-order valence-corrected chi connectivity index (χ2v) is 6.95. The third-order valence-electron chi connectivity index (χ3n) is 5.04. The number of nitrogens with zero attached hydrogens (tertiary/aromatic N) is 3. The van der Waals surface area contributed by atoms with Crippen molar-refractivity contribution in [3.8, 4) is 11.1 Å². The highest BCUT2D eigenvalue weighted by molar-refractivity contribution is 5.98. The van der Waals surface area contributed by atoms with Crippen LogP contribution < -0.4 is 11.1 Å². The van der Waals surface area contributed by atoms with Gasteiger partial charge in [-0.25, -0.2) is 9.97 Å². The molecule has 1 atom stereocenters. The summed E-state index contributed by atoms with van der Waals surface area (Å²) in [5.41, 5.74) is 11.0. The van der Waals surface area contributed by atoms with E-state index in [4.69, 9.17) is 10.7 Å². The molecule has 29 heavy (non-hydrogen) atoms. The number of aryl methyl sites for hydroxylation is 1. The predicted molar refractivity (Wildman–Crippen MR) is 111 cm³/mol. The first-order valence-corrected chi connectivity index (χ1v) is 9.16. The van der Waals surface area contributed by atoms with Gasteiger partial charge in [-0.2, -0.15) is 0 Å². The van der Waals surface area contributed by atoms with Crippen LogP contribution in [0, 0.1) is 6.92 Å². The molecule has 2 aromatic heterocycles. The first-order chi connectivity index (χ1) is 13.5. The quantitative estimate of drug-likeness (QED) is 0.586. The number of halogens is 1. The summed E-state index contributed by atoms with van der Waals surface area (Å²) in [7, 11) is 0. The highest BCUT2D eigenvalue weighted by atomic mass is 35.5. The van der Waals surface area contributed by atoms with E-state index >= 15 is 0 Å². The number of aromatic nitrogens is 3. The summed E-state index contributed by atoms with van der Waals surface area (Å²) in [6, 6.07) is 7.20. The van der Waals surface area contributed by atoms with Crippen LogP contribution in [0.5, 0.6) is 0 Å². The minimum absolute atomic E-state index is 0. The number of nitrogens with one attached hydrogen (secondary N) is 1. The standard InChI is InChI=1S/C20H21N5O3.ClH/c1-11-15(5-6-21)24-19-14(3-2-4-16(19)23-11)12-7-17-20(28)22-9-13(8-18(26)27)25(17)10-12;/h2-4,7,10,13H,5-6,8-9,21H2,1H3,(H,22,28)(H,26,27);1H. The van der Waals surface area contributed by atoms with Crippen LogP contribution in [-0.2, 0) is 11.2 Å². The number of amides is 1. The van der Waals surface area contributed by atoms with E-state index in [1.54, 1.807) is 10.6 Å². The third kappa shape index (κ3) is 3.81. The molecule has 0 saturated heterocycles. The normalized spacial score (nSPS) is 15.5. The van der Waals surface area contributed by atoms with Gasteiger partial charge in [0, 0.05) is 30.3 Å². The number of fused-ring (bicyclic) bond motifs is 2. The van der Waals surface area contributed by atoms with Gasteiger partial charge in [0.25, 0.3) is 5.91 Å². The second kappa shape index (κ2) is 8.18. The Morgan fingerprint density at radius 1 is 1.38 bits per heavy atom. The number of carbonyl (C=O) groups is 2. The van der Waals surface area contributed by atoms with Crippen LogP contribution in [0.2, 0.25) is 0 Å². The van der Waals surface area contributed by atoms with Gasteiger partial charge in [0.05, 0.1) is 34.9 Å². The molecule has 8 nitrogen and oxygen atoms in total. The van der Waals surface area contributed by atoms with Crippen LogP contribution in [0.15, 0.2) is 30.5 Å². The van der Waals surface area contributed by atoms with E-state index in [0.717, 1.165) is 33.5 Å². The van der Waals surface area contributed by atoms with E-state index in [0.29, 0.717) is 25.2 Å². The van der Waals surface area contributed by atoms with Crippen molar-refractivity contribution >= 4 is 35.3 Å². The van der Waals surface area contributed by atoms with Crippen LogP contribution >= 0.6 is 12.4 Å². The molecule has 4 rings (SSSR count). The maximum Gasteiger partial charge on any atom is 0.305 e. The summed E-state index contributed by atoms with van der Waals surface area (Å²) in [5, 5.41) is 11.9. The zero-order chi connectivity index (χ0) is 19.8. The van der Waals surface area contributed by atoms with E-state index in [2.05, 4.69) is 10.3 Å². The summed E-state index contributed by atoms with van der Waals surface area (Å²) < 4.78 is 1.75. The molecule has 1 aliphatic heterocycles. The van der Waals surface area contributed by atoms with Gasteiger partial charge < -0.3 is 20.7 Å². The number of carboxylic acids is 1. The number of nitrogens with two attached hydrogens (primary N) is 1. The molecular weight excluding hydrogens is 394 g/mol. The maximum absolute atomic E-state index is 12.3. The summed E-state index contributed by atoms with van der Waals surface area (Å²) >= 11 is 0. The number of carbonyl (C=O) groups excluding carboxylic acids is 1. The van der Waals surface area contributed by atoms with Crippen LogP contribution in [0.3, 0.4) is 0 Å². The number of hydrogen-bond acceptors (Lipinski definition) is 5. The Morgan fingerprint density at radius 3 is 2.90 bits per heavy atom. The van der Waals surface area contributed by atoms with E-state index in [1.807, 2.05) is 31.3 Å². The Kier molecular flexibility index (Phi) is 5.86. The number of aliphatic carboxylic acids is 1. The summed E-state index contributed by atoms with van der Waals surface area (Å²) in [6.07, 6.45) is 2.41. The molecule has 1 aromatic carbocycles. The average Bonchev–Trinajstić information content (AvgIpc) is 3.10. The first kappa shape index (κ1) is 20.8. The summed E-state index contributed by atoms with van der Waals surface area (Å²) in [4.78, 5) is 32.9. The molecule has 152 valence electrons. The molecule has 0 spiro atoms. The smallest absolute Gasteiger partial charge is 0.305 e. The largest absolute Gasteiger partial charge is 0.481 e. The van der Waals surface area contributed by atoms with Gasteiger partial charge in [0.15, 0.2) is 0 Å². The van der Waals surface area contributed by atoms with Gasteiger partial charge in [0.1, 0.15) is 5.69 Å². The van der Waals surface area contributed by atoms with E-state index in [-0.39, 0.29) is 30.8 Å². The molecule has 1 amide bonds. The van der Waals surface area contributed by atoms with Crippen LogP contribution in [-0.4, -0.2) is 44.6 Å². The fraction of sp³-hybridized carbons (Fsp3) is 0.300. The van der Waals surface area contributed by atoms with Crippen molar-refractivity contribution in [2.75, 3.05) is 13.1 Å². The Labute approximate surface area is 173 Å². The molecule has 0 fully saturated rings. The lowest BCUT2D eigenvalue weighted by molar-refractivity contribution is -0.137. The molecule has 0 saturated carbocycles. The van der Waals surface area contributed by atoms with E-state index < -0.39 is 5.97 Å². The van der Waals surface area contributed by atoms with Gasteiger partial charge in [-0.3, -0.25) is 9.59 Å². The topological polar surface area (TPSA) is 123 Å². The second-order valence-electron chi connectivity index (χ2n) is 6.95. The first-order valence-electron chi connectivity index (χ1n) is 9.16. The Hall–Kier alpha value is -2.97. The van der Waals surface area contributed by atoms with Crippen LogP contribution in [0.4, 0.5) is 0 Å². The molecule has 3 aromatic rings. The molecule has 1 unspecified atom stereocenters. The van der Waals surface area contributed by atoms with E-state index in [1.165, 1.54) is 0 Å². The van der Waals surface area contributed by atoms with Crippen molar-refractivity contribution < 1.29 is 14.7 Å². The number of carboxylic acid groups (broad SMARTS) is 1. The van der Waals surface area contributed by atoms with Crippen molar-refractivity contribution in [1.29, 1.82) is 0 Å². The zero-order valence-corrected chi connectivity index (χ0v) is 16.7. The highest BCUT2D eigenvalue weighted by Gasteiger charge is 2.28. The maximum atomic E-state index is 12.3. The Morgan fingerprint density at radius 2 is 2.17 bits per heavy atom. The zero-order valence-electron chi connectivity index (χ0n) is 15.9. The van der Waals surface area contributed by atoms with Crippen LogP contribution in [0.1, 0.15) is 34.3 Å². The van der Waals surface area contributed by atoms with Gasteiger partial charge in [0.2, 0.25) is 0 Å².